The highest BCUT2D eigenvalue weighted by atomic mass is 19.1. The lowest BCUT2D eigenvalue weighted by Crippen LogP contribution is -2.40. The first kappa shape index (κ1) is 22.6. The van der Waals surface area contributed by atoms with Gasteiger partial charge in [0.15, 0.2) is 11.6 Å². The number of rotatable bonds is 3. The monoisotopic (exact) mass is 351 g/mol. The number of benzene rings is 1. The van der Waals surface area contributed by atoms with Crippen molar-refractivity contribution in [3.05, 3.63) is 35.1 Å². The summed E-state index contributed by atoms with van der Waals surface area (Å²) in [7, 11) is 0. The van der Waals surface area contributed by atoms with Gasteiger partial charge in [-0.1, -0.05) is 32.9 Å². The highest BCUT2D eigenvalue weighted by Crippen LogP contribution is 2.15. The number of nitrogens with one attached hydrogen (secondary N) is 1. The first-order valence-electron chi connectivity index (χ1n) is 8.42. The second kappa shape index (κ2) is 11.2. The maximum Gasteiger partial charge on any atom is 0.229 e. The van der Waals surface area contributed by atoms with Crippen LogP contribution in [0.5, 0.6) is 0 Å². The van der Waals surface area contributed by atoms with Crippen molar-refractivity contribution in [1.82, 2.24) is 5.32 Å². The summed E-state index contributed by atoms with van der Waals surface area (Å²) in [5.74, 6) is -1.53. The Morgan fingerprint density at radius 2 is 1.76 bits per heavy atom. The Labute approximate surface area is 148 Å². The molecule has 1 unspecified atom stereocenters. The molecule has 25 heavy (non-hydrogen) atoms. The van der Waals surface area contributed by atoms with E-state index in [9.17, 15) is 23.6 Å². The van der Waals surface area contributed by atoms with Crippen molar-refractivity contribution in [2.24, 2.45) is 5.92 Å². The molecule has 1 heterocycles. The first-order chi connectivity index (χ1) is 11.8. The first-order valence-corrected chi connectivity index (χ1v) is 8.42. The van der Waals surface area contributed by atoms with Crippen molar-refractivity contribution < 1.29 is 23.6 Å². The number of amides is 2. The third-order valence-electron chi connectivity index (χ3n) is 3.59. The van der Waals surface area contributed by atoms with Crippen molar-refractivity contribution in [2.75, 3.05) is 0 Å². The quantitative estimate of drug-likeness (QED) is 0.665. The van der Waals surface area contributed by atoms with Crippen LogP contribution in [0.1, 0.15) is 74.6 Å². The summed E-state index contributed by atoms with van der Waals surface area (Å²) in [4.78, 5) is 43.5. The maximum absolute atomic E-state index is 13.1. The molecule has 0 saturated carbocycles. The summed E-state index contributed by atoms with van der Waals surface area (Å²) in [6.07, 6.45) is 2.06. The fraction of sp³-hybridized carbons (Fsp3) is 0.474. The van der Waals surface area contributed by atoms with Crippen LogP contribution in [-0.2, 0) is 9.59 Å². The van der Waals surface area contributed by atoms with Gasteiger partial charge in [0.1, 0.15) is 5.82 Å². The smallest absolute Gasteiger partial charge is 0.229 e. The van der Waals surface area contributed by atoms with Crippen LogP contribution in [-0.4, -0.2) is 23.4 Å². The molecule has 1 aromatic rings. The van der Waals surface area contributed by atoms with E-state index in [0.717, 1.165) is 12.8 Å². The molecular weight excluding hydrogens is 325 g/mol. The fourth-order valence-corrected chi connectivity index (χ4v) is 2.30. The van der Waals surface area contributed by atoms with Crippen LogP contribution in [0.25, 0.3) is 0 Å². The van der Waals surface area contributed by atoms with Gasteiger partial charge < -0.3 is 0 Å². The molecule has 5 nitrogen and oxygen atoms in total. The molecule has 0 bridgehead atoms. The van der Waals surface area contributed by atoms with Gasteiger partial charge in [0.2, 0.25) is 11.8 Å². The molecule has 1 atom stereocenters. The Morgan fingerprint density at radius 3 is 2.16 bits per heavy atom. The summed E-state index contributed by atoms with van der Waals surface area (Å²) in [6, 6.07) is 4.03. The summed E-state index contributed by atoms with van der Waals surface area (Å²) < 4.78 is 13.1. The van der Waals surface area contributed by atoms with Gasteiger partial charge in [0.05, 0.1) is 5.56 Å². The second-order valence-corrected chi connectivity index (χ2v) is 5.33. The van der Waals surface area contributed by atoms with E-state index < -0.39 is 11.6 Å². The Bertz CT molecular complexity index is 640. The molecule has 1 N–H and O–H groups in total. The van der Waals surface area contributed by atoms with E-state index >= 15 is 0 Å². The van der Waals surface area contributed by atoms with Crippen LogP contribution >= 0.6 is 0 Å². The van der Waals surface area contributed by atoms with E-state index in [2.05, 4.69) is 5.32 Å². The predicted octanol–water partition coefficient (Wildman–Crippen LogP) is 3.71. The van der Waals surface area contributed by atoms with Crippen LogP contribution in [0.15, 0.2) is 18.2 Å². The van der Waals surface area contributed by atoms with Gasteiger partial charge in [-0.2, -0.15) is 0 Å². The number of carbonyl (C=O) groups excluding carboxylic acids is 4. The number of piperidine rings is 1. The number of Topliss-reactive ketones (excluding diaryl/α,β-unsaturated/α-hetero) is 2. The fourth-order valence-electron chi connectivity index (χ4n) is 2.30. The molecular formula is C19H26FNO4. The van der Waals surface area contributed by atoms with Crippen molar-refractivity contribution in [1.29, 1.82) is 0 Å². The standard InChI is InChI=1S/C10H9FO2.C7H11NO2.C2H6/c1-6(12)8-4-3-5-9(11)10(8)7(2)13;1-2-5-3-4-6(9)8-7(5)10;1-2/h3-5H,1-2H3;5H,2-4H2,1H3,(H,8,9,10);1-2H3. The van der Waals surface area contributed by atoms with Crippen LogP contribution in [0, 0.1) is 11.7 Å². The maximum atomic E-state index is 13.1. The van der Waals surface area contributed by atoms with E-state index in [1.807, 2.05) is 20.8 Å². The summed E-state index contributed by atoms with van der Waals surface area (Å²) in [5.41, 5.74) is 0.0301. The molecule has 138 valence electrons. The lowest BCUT2D eigenvalue weighted by molar-refractivity contribution is -0.136. The van der Waals surface area contributed by atoms with Gasteiger partial charge >= 0.3 is 0 Å². The van der Waals surface area contributed by atoms with Gasteiger partial charge in [-0.05, 0) is 32.8 Å². The highest BCUT2D eigenvalue weighted by molar-refractivity contribution is 6.07. The second-order valence-electron chi connectivity index (χ2n) is 5.33. The average Bonchev–Trinajstić information content (AvgIpc) is 2.56. The van der Waals surface area contributed by atoms with E-state index in [0.29, 0.717) is 6.42 Å². The molecule has 0 aliphatic carbocycles. The number of hydrogen-bond acceptors (Lipinski definition) is 4. The summed E-state index contributed by atoms with van der Waals surface area (Å²) in [6.45, 7) is 8.51. The molecule has 1 aromatic carbocycles. The van der Waals surface area contributed by atoms with Crippen LogP contribution in [0.3, 0.4) is 0 Å². The SMILES string of the molecule is CC.CC(=O)c1cccc(F)c1C(C)=O.CCC1CCC(=O)NC1=O. The van der Waals surface area contributed by atoms with Crippen LogP contribution < -0.4 is 5.32 Å². The third-order valence-corrected chi connectivity index (χ3v) is 3.59. The number of hydrogen-bond donors (Lipinski definition) is 1. The Kier molecular flexibility index (Phi) is 10.2. The number of ketones is 2. The Hall–Kier alpha value is -2.37. The van der Waals surface area contributed by atoms with Crippen molar-refractivity contribution >= 4 is 23.4 Å². The van der Waals surface area contributed by atoms with Crippen LogP contribution in [0.4, 0.5) is 4.39 Å². The molecule has 1 aliphatic rings. The molecule has 1 aliphatic heterocycles. The van der Waals surface area contributed by atoms with Crippen molar-refractivity contribution in [3.63, 3.8) is 0 Å². The molecule has 1 fully saturated rings. The van der Waals surface area contributed by atoms with Crippen LogP contribution in [0.2, 0.25) is 0 Å². The lowest BCUT2D eigenvalue weighted by atomic mass is 9.96. The Balaban J connectivity index is 0.000000430. The lowest BCUT2D eigenvalue weighted by Gasteiger charge is -2.18. The van der Waals surface area contributed by atoms with Gasteiger partial charge in [0, 0.05) is 17.9 Å². The van der Waals surface area contributed by atoms with E-state index in [4.69, 9.17) is 0 Å². The van der Waals surface area contributed by atoms with Gasteiger partial charge in [-0.3, -0.25) is 24.5 Å². The molecule has 6 heteroatoms. The average molecular weight is 351 g/mol. The third kappa shape index (κ3) is 6.95. The van der Waals surface area contributed by atoms with Crippen molar-refractivity contribution in [2.45, 2.75) is 53.9 Å². The minimum Gasteiger partial charge on any atom is -0.296 e. The van der Waals surface area contributed by atoms with Gasteiger partial charge in [0.25, 0.3) is 0 Å². The summed E-state index contributed by atoms with van der Waals surface area (Å²) in [5, 5.41) is 2.30. The normalized spacial score (nSPS) is 15.8. The molecule has 0 radical (unpaired) electrons. The zero-order valence-corrected chi connectivity index (χ0v) is 15.4. The predicted molar refractivity (Wildman–Crippen MR) is 93.9 cm³/mol. The molecule has 1 saturated heterocycles. The zero-order chi connectivity index (χ0) is 19.6. The Morgan fingerprint density at radius 1 is 1.16 bits per heavy atom. The van der Waals surface area contributed by atoms with E-state index in [-0.39, 0.29) is 34.6 Å². The zero-order valence-electron chi connectivity index (χ0n) is 15.4. The number of imide groups is 1. The molecule has 0 aromatic heterocycles. The number of carbonyl (C=O) groups is 4. The minimum atomic E-state index is -0.639. The minimum absolute atomic E-state index is 0.0673. The van der Waals surface area contributed by atoms with E-state index in [1.54, 1.807) is 0 Å². The summed E-state index contributed by atoms with van der Waals surface area (Å²) >= 11 is 0. The van der Waals surface area contributed by atoms with Gasteiger partial charge in [-0.25, -0.2) is 4.39 Å². The largest absolute Gasteiger partial charge is 0.296 e. The molecule has 0 spiro atoms. The molecule has 2 rings (SSSR count). The van der Waals surface area contributed by atoms with E-state index in [1.165, 1.54) is 32.0 Å². The topological polar surface area (TPSA) is 80.3 Å². The molecule has 2 amide bonds. The number of halogens is 1. The highest BCUT2D eigenvalue weighted by Gasteiger charge is 2.24. The van der Waals surface area contributed by atoms with Crippen molar-refractivity contribution in [3.8, 4) is 0 Å². The van der Waals surface area contributed by atoms with Gasteiger partial charge in [-0.15, -0.1) is 0 Å².